The smallest absolute Gasteiger partial charge is 0.335 e. The third-order valence-corrected chi connectivity index (χ3v) is 7.17. The third-order valence-electron chi connectivity index (χ3n) is 5.75. The predicted octanol–water partition coefficient (Wildman–Crippen LogP) is 4.82. The second-order valence-corrected chi connectivity index (χ2v) is 9.71. The van der Waals surface area contributed by atoms with Crippen molar-refractivity contribution in [3.05, 3.63) is 84.0 Å². The Kier molecular flexibility index (Phi) is 5.05. The number of aryl methyl sites for hydroxylation is 1. The topological polar surface area (TPSA) is 114 Å². The lowest BCUT2D eigenvalue weighted by Crippen LogP contribution is -2.17. The zero-order chi connectivity index (χ0) is 23.2. The van der Waals surface area contributed by atoms with E-state index in [-0.39, 0.29) is 16.4 Å². The molecule has 1 aliphatic carbocycles. The number of aromatic nitrogens is 2. The van der Waals surface area contributed by atoms with Crippen molar-refractivity contribution in [1.82, 2.24) is 9.72 Å². The van der Waals surface area contributed by atoms with E-state index in [1.165, 1.54) is 12.1 Å². The number of hydrogen-bond donors (Lipinski definition) is 2. The Bertz CT molecular complexity index is 1450. The Balaban J connectivity index is 1.63. The number of carboxylic acid groups (broad SMARTS) is 1. The van der Waals surface area contributed by atoms with E-state index in [4.69, 9.17) is 4.52 Å². The van der Waals surface area contributed by atoms with Crippen LogP contribution in [0.25, 0.3) is 16.8 Å². The lowest BCUT2D eigenvalue weighted by atomic mass is 10.1. The molecule has 0 spiro atoms. The van der Waals surface area contributed by atoms with E-state index in [0.29, 0.717) is 22.7 Å². The summed E-state index contributed by atoms with van der Waals surface area (Å²) in [7, 11) is -4.08. The highest BCUT2D eigenvalue weighted by Gasteiger charge is 2.31. The Morgan fingerprint density at radius 3 is 2.55 bits per heavy atom. The lowest BCUT2D eigenvalue weighted by molar-refractivity contribution is 0.0696. The van der Waals surface area contributed by atoms with Crippen molar-refractivity contribution < 1.29 is 22.8 Å². The number of nitrogens with zero attached hydrogens (tertiary/aromatic N) is 2. The van der Waals surface area contributed by atoms with E-state index in [9.17, 15) is 18.3 Å². The van der Waals surface area contributed by atoms with Crippen molar-refractivity contribution >= 4 is 21.7 Å². The molecule has 0 radical (unpaired) electrons. The van der Waals surface area contributed by atoms with Crippen LogP contribution in [0, 0.1) is 6.92 Å². The van der Waals surface area contributed by atoms with Gasteiger partial charge in [-0.15, -0.1) is 0 Å². The molecule has 0 amide bonds. The molecule has 1 aliphatic rings. The van der Waals surface area contributed by atoms with Crippen LogP contribution in [-0.4, -0.2) is 29.2 Å². The standard InChI is InChI=1S/C24H21N3O5S/c1-15-20(14-25-32-15)17-7-9-22(27-10-2-3-11-27)21(12-17)26-33(30,31)23-13-18(24(28)29)6-8-19(23)16-4-5-16/h2-3,6-14,16,26H,4-5H2,1H3,(H,28,29). The number of carbonyl (C=O) groups is 1. The van der Waals surface area contributed by atoms with Gasteiger partial charge in [0.2, 0.25) is 0 Å². The fourth-order valence-electron chi connectivity index (χ4n) is 3.91. The summed E-state index contributed by atoms with van der Waals surface area (Å²) in [5, 5.41) is 13.2. The van der Waals surface area contributed by atoms with Gasteiger partial charge in [-0.2, -0.15) is 0 Å². The predicted molar refractivity (Wildman–Crippen MR) is 122 cm³/mol. The molecular formula is C24H21N3O5S. The number of aromatic carboxylic acids is 1. The van der Waals surface area contributed by atoms with Crippen molar-refractivity contribution in [2.45, 2.75) is 30.6 Å². The molecule has 9 heteroatoms. The molecule has 0 aliphatic heterocycles. The van der Waals surface area contributed by atoms with Crippen LogP contribution in [0.5, 0.6) is 0 Å². The number of nitrogens with one attached hydrogen (secondary N) is 1. The molecule has 2 heterocycles. The molecule has 33 heavy (non-hydrogen) atoms. The van der Waals surface area contributed by atoms with Gasteiger partial charge in [0.05, 0.1) is 28.0 Å². The number of sulfonamides is 1. The molecule has 1 fully saturated rings. The Hall–Kier alpha value is -3.85. The molecule has 0 atom stereocenters. The summed E-state index contributed by atoms with van der Waals surface area (Å²) in [6, 6.07) is 13.4. The molecule has 5 rings (SSSR count). The summed E-state index contributed by atoms with van der Waals surface area (Å²) < 4.78 is 36.8. The summed E-state index contributed by atoms with van der Waals surface area (Å²) in [5.41, 5.74) is 3.04. The van der Waals surface area contributed by atoms with Gasteiger partial charge in [-0.05, 0) is 73.2 Å². The highest BCUT2D eigenvalue weighted by Crippen LogP contribution is 2.43. The fourth-order valence-corrected chi connectivity index (χ4v) is 5.30. The maximum absolute atomic E-state index is 13.6. The van der Waals surface area contributed by atoms with Gasteiger partial charge < -0.3 is 14.2 Å². The molecule has 2 aromatic heterocycles. The van der Waals surface area contributed by atoms with Crippen LogP contribution in [0.3, 0.4) is 0 Å². The van der Waals surface area contributed by atoms with Crippen molar-refractivity contribution in [2.24, 2.45) is 0 Å². The van der Waals surface area contributed by atoms with Gasteiger partial charge in [-0.3, -0.25) is 4.72 Å². The minimum atomic E-state index is -4.08. The zero-order valence-electron chi connectivity index (χ0n) is 17.7. The van der Waals surface area contributed by atoms with Crippen LogP contribution in [0.1, 0.15) is 40.4 Å². The van der Waals surface area contributed by atoms with Crippen molar-refractivity contribution in [3.63, 3.8) is 0 Å². The lowest BCUT2D eigenvalue weighted by Gasteiger charge is -2.17. The minimum absolute atomic E-state index is 0.00471. The molecule has 1 saturated carbocycles. The van der Waals surface area contributed by atoms with E-state index in [1.54, 1.807) is 29.8 Å². The van der Waals surface area contributed by atoms with Gasteiger partial charge in [-0.1, -0.05) is 17.3 Å². The maximum Gasteiger partial charge on any atom is 0.335 e. The average molecular weight is 464 g/mol. The van der Waals surface area contributed by atoms with E-state index < -0.39 is 16.0 Å². The molecule has 8 nitrogen and oxygen atoms in total. The average Bonchev–Trinajstić information content (AvgIpc) is 3.31. The van der Waals surface area contributed by atoms with Crippen LogP contribution in [0.4, 0.5) is 5.69 Å². The first-order valence-electron chi connectivity index (χ1n) is 10.4. The molecule has 2 aromatic carbocycles. The normalized spacial score (nSPS) is 13.7. The summed E-state index contributed by atoms with van der Waals surface area (Å²) >= 11 is 0. The largest absolute Gasteiger partial charge is 0.478 e. The summed E-state index contributed by atoms with van der Waals surface area (Å²) in [6.07, 6.45) is 6.98. The Labute approximate surface area is 190 Å². The van der Waals surface area contributed by atoms with Gasteiger partial charge in [0, 0.05) is 18.0 Å². The summed E-state index contributed by atoms with van der Waals surface area (Å²) in [4.78, 5) is 11.5. The molecule has 2 N–H and O–H groups in total. The number of hydrogen-bond acceptors (Lipinski definition) is 5. The Morgan fingerprint density at radius 1 is 1.15 bits per heavy atom. The number of carboxylic acids is 1. The van der Waals surface area contributed by atoms with Gasteiger partial charge in [0.15, 0.2) is 0 Å². The van der Waals surface area contributed by atoms with Gasteiger partial charge >= 0.3 is 5.97 Å². The molecule has 4 aromatic rings. The fraction of sp³-hybridized carbons (Fsp3) is 0.167. The first kappa shape index (κ1) is 21.0. The number of anilines is 1. The molecule has 0 saturated heterocycles. The van der Waals surface area contributed by atoms with Crippen LogP contribution < -0.4 is 4.72 Å². The Morgan fingerprint density at radius 2 is 1.91 bits per heavy atom. The van der Waals surface area contributed by atoms with Crippen molar-refractivity contribution in [2.75, 3.05) is 4.72 Å². The van der Waals surface area contributed by atoms with E-state index in [2.05, 4.69) is 9.88 Å². The number of rotatable bonds is 7. The minimum Gasteiger partial charge on any atom is -0.478 e. The summed E-state index contributed by atoms with van der Waals surface area (Å²) in [5.74, 6) is -0.441. The SMILES string of the molecule is Cc1oncc1-c1ccc(-n2cccc2)c(NS(=O)(=O)c2cc(C(=O)O)ccc2C2CC2)c1. The monoisotopic (exact) mass is 463 g/mol. The number of benzene rings is 2. The van der Waals surface area contributed by atoms with E-state index in [1.807, 2.05) is 36.7 Å². The molecule has 168 valence electrons. The van der Waals surface area contributed by atoms with Crippen LogP contribution in [0.15, 0.2) is 76.5 Å². The summed E-state index contributed by atoms with van der Waals surface area (Å²) in [6.45, 7) is 1.78. The van der Waals surface area contributed by atoms with Gasteiger partial charge in [-0.25, -0.2) is 13.2 Å². The van der Waals surface area contributed by atoms with Crippen LogP contribution in [-0.2, 0) is 10.0 Å². The van der Waals surface area contributed by atoms with Crippen molar-refractivity contribution in [1.29, 1.82) is 0 Å². The quantitative estimate of drug-likeness (QED) is 0.406. The maximum atomic E-state index is 13.6. The van der Waals surface area contributed by atoms with Crippen LogP contribution >= 0.6 is 0 Å². The highest BCUT2D eigenvalue weighted by atomic mass is 32.2. The van der Waals surface area contributed by atoms with E-state index in [0.717, 1.165) is 24.0 Å². The van der Waals surface area contributed by atoms with Crippen molar-refractivity contribution in [3.8, 4) is 16.8 Å². The first-order chi connectivity index (χ1) is 15.8. The molecule has 0 bridgehead atoms. The zero-order valence-corrected chi connectivity index (χ0v) is 18.5. The second kappa shape index (κ2) is 7.93. The van der Waals surface area contributed by atoms with Gasteiger partial charge in [0.25, 0.3) is 10.0 Å². The third kappa shape index (κ3) is 4.03. The molecule has 0 unspecified atom stereocenters. The van der Waals surface area contributed by atoms with E-state index >= 15 is 0 Å². The van der Waals surface area contributed by atoms with Gasteiger partial charge in [0.1, 0.15) is 5.76 Å². The highest BCUT2D eigenvalue weighted by molar-refractivity contribution is 7.92. The van der Waals surface area contributed by atoms with Crippen LogP contribution in [0.2, 0.25) is 0 Å². The second-order valence-electron chi connectivity index (χ2n) is 8.06. The molecular weight excluding hydrogens is 442 g/mol. The first-order valence-corrected chi connectivity index (χ1v) is 11.9.